The molecule has 1 atom stereocenters. The Balaban J connectivity index is 2.11. The number of carbonyl (C=O) groups excluding carboxylic acids is 1. The predicted octanol–water partition coefficient (Wildman–Crippen LogP) is 6.02. The number of hydrogen-bond acceptors (Lipinski definition) is 2. The van der Waals surface area contributed by atoms with Gasteiger partial charge in [-0.2, -0.15) is 0 Å². The molecule has 2 rings (SSSR count). The molecule has 0 heterocycles. The topological polar surface area (TPSA) is 53.2 Å². The number of carbonyl (C=O) groups is 1. The van der Waals surface area contributed by atoms with Gasteiger partial charge in [0.2, 0.25) is 3.79 Å². The molecule has 0 saturated carbocycles. The maximum Gasteiger partial charge on any atom is 0.254 e. The molecule has 0 aliphatic heterocycles. The number of rotatable bonds is 4. The number of nitrogens with one attached hydrogen (secondary N) is 3. The molecule has 28 heavy (non-hydrogen) atoms. The van der Waals surface area contributed by atoms with E-state index in [-0.39, 0.29) is 15.7 Å². The van der Waals surface area contributed by atoms with Crippen LogP contribution in [0.15, 0.2) is 36.4 Å². The fourth-order valence-corrected chi connectivity index (χ4v) is 3.26. The second kappa shape index (κ2) is 9.70. The molecule has 1 amide bonds. The molecule has 10 heteroatoms. The zero-order valence-corrected chi connectivity index (χ0v) is 19.3. The average molecular weight is 500 g/mol. The number of hydrogen-bond donors (Lipinski definition) is 3. The van der Waals surface area contributed by atoms with Gasteiger partial charge in [0.15, 0.2) is 5.11 Å². The van der Waals surface area contributed by atoms with E-state index in [0.29, 0.717) is 5.02 Å². The largest absolute Gasteiger partial charge is 0.339 e. The van der Waals surface area contributed by atoms with E-state index >= 15 is 0 Å². The molecule has 4 nitrogen and oxygen atoms in total. The minimum absolute atomic E-state index is 0.169. The molecule has 1 unspecified atom stereocenters. The second-order valence-corrected chi connectivity index (χ2v) is 9.59. The molecule has 0 aliphatic rings. The van der Waals surface area contributed by atoms with Gasteiger partial charge in [-0.25, -0.2) is 0 Å². The summed E-state index contributed by atoms with van der Waals surface area (Å²) in [5.74, 6) is -0.556. The Morgan fingerprint density at radius 1 is 1.00 bits per heavy atom. The van der Waals surface area contributed by atoms with Crippen LogP contribution in [0, 0.1) is 13.8 Å². The van der Waals surface area contributed by atoms with Crippen LogP contribution in [0.2, 0.25) is 10.0 Å². The first-order valence-corrected chi connectivity index (χ1v) is 10.2. The third-order valence-corrected chi connectivity index (χ3v) is 5.24. The molecular weight excluding hydrogens is 484 g/mol. The van der Waals surface area contributed by atoms with E-state index in [1.54, 1.807) is 0 Å². The smallest absolute Gasteiger partial charge is 0.254 e. The van der Waals surface area contributed by atoms with Crippen molar-refractivity contribution < 1.29 is 4.79 Å². The highest BCUT2D eigenvalue weighted by atomic mass is 35.6. The Hall–Kier alpha value is -0.950. The van der Waals surface area contributed by atoms with E-state index in [4.69, 9.17) is 70.2 Å². The molecule has 0 bridgehead atoms. The molecular formula is C18H16Cl5N3OS. The molecule has 3 N–H and O–H groups in total. The number of halogens is 5. The van der Waals surface area contributed by atoms with Gasteiger partial charge in [0.1, 0.15) is 6.17 Å². The first-order valence-electron chi connectivity index (χ1n) is 7.95. The number of thiocarbonyl (C=S) groups is 1. The van der Waals surface area contributed by atoms with Crippen molar-refractivity contribution in [3.8, 4) is 0 Å². The van der Waals surface area contributed by atoms with Crippen molar-refractivity contribution in [1.82, 2.24) is 10.6 Å². The van der Waals surface area contributed by atoms with Crippen LogP contribution in [0.1, 0.15) is 21.5 Å². The SMILES string of the molecule is Cc1ccc(NC(=S)NC(NC(=O)c2ccc(Cl)cc2Cl)C(Cl)(Cl)Cl)cc1C. The van der Waals surface area contributed by atoms with Gasteiger partial charge in [-0.05, 0) is 67.5 Å². The lowest BCUT2D eigenvalue weighted by atomic mass is 10.1. The summed E-state index contributed by atoms with van der Waals surface area (Å²) in [6.45, 7) is 3.99. The molecule has 2 aromatic carbocycles. The average Bonchev–Trinajstić information content (AvgIpc) is 2.56. The van der Waals surface area contributed by atoms with Crippen molar-refractivity contribution in [3.63, 3.8) is 0 Å². The van der Waals surface area contributed by atoms with Crippen molar-refractivity contribution in [2.45, 2.75) is 23.8 Å². The fourth-order valence-electron chi connectivity index (χ4n) is 2.20. The Morgan fingerprint density at radius 2 is 1.68 bits per heavy atom. The zero-order valence-electron chi connectivity index (χ0n) is 14.7. The molecule has 0 fully saturated rings. The molecule has 150 valence electrons. The summed E-state index contributed by atoms with van der Waals surface area (Å²) in [6.07, 6.45) is -1.12. The highest BCUT2D eigenvalue weighted by Gasteiger charge is 2.35. The van der Waals surface area contributed by atoms with Gasteiger partial charge in [-0.15, -0.1) is 0 Å². The molecule has 0 aliphatic carbocycles. The van der Waals surface area contributed by atoms with Gasteiger partial charge in [0.25, 0.3) is 5.91 Å². The van der Waals surface area contributed by atoms with E-state index in [9.17, 15) is 4.79 Å². The third-order valence-electron chi connectivity index (χ3n) is 3.82. The molecule has 0 spiro atoms. The van der Waals surface area contributed by atoms with E-state index < -0.39 is 15.9 Å². The lowest BCUT2D eigenvalue weighted by molar-refractivity contribution is 0.0934. The Bertz CT molecular complexity index is 901. The van der Waals surface area contributed by atoms with Crippen molar-refractivity contribution >= 4 is 86.9 Å². The highest BCUT2D eigenvalue weighted by molar-refractivity contribution is 7.80. The van der Waals surface area contributed by atoms with E-state index in [1.807, 2.05) is 32.0 Å². The van der Waals surface area contributed by atoms with Crippen LogP contribution < -0.4 is 16.0 Å². The van der Waals surface area contributed by atoms with Crippen LogP contribution in [0.25, 0.3) is 0 Å². The van der Waals surface area contributed by atoms with Gasteiger partial charge < -0.3 is 16.0 Å². The van der Waals surface area contributed by atoms with Gasteiger partial charge >= 0.3 is 0 Å². The van der Waals surface area contributed by atoms with Gasteiger partial charge in [0.05, 0.1) is 10.6 Å². The highest BCUT2D eigenvalue weighted by Crippen LogP contribution is 2.30. The monoisotopic (exact) mass is 497 g/mol. The lowest BCUT2D eigenvalue weighted by Crippen LogP contribution is -2.56. The summed E-state index contributed by atoms with van der Waals surface area (Å²) in [5, 5.41) is 9.10. The summed E-state index contributed by atoms with van der Waals surface area (Å²) < 4.78 is -1.89. The summed E-state index contributed by atoms with van der Waals surface area (Å²) in [7, 11) is 0. The van der Waals surface area contributed by atoms with E-state index in [1.165, 1.54) is 18.2 Å². The van der Waals surface area contributed by atoms with Crippen LogP contribution in [0.5, 0.6) is 0 Å². The van der Waals surface area contributed by atoms with Gasteiger partial charge in [-0.3, -0.25) is 4.79 Å². The Kier molecular flexibility index (Phi) is 8.08. The normalized spacial score (nSPS) is 12.2. The minimum Gasteiger partial charge on any atom is -0.339 e. The van der Waals surface area contributed by atoms with Crippen LogP contribution in [0.3, 0.4) is 0 Å². The number of alkyl halides is 3. The van der Waals surface area contributed by atoms with Crippen LogP contribution in [0.4, 0.5) is 5.69 Å². The van der Waals surface area contributed by atoms with Crippen LogP contribution >= 0.6 is 70.2 Å². The van der Waals surface area contributed by atoms with Gasteiger partial charge in [-0.1, -0.05) is 64.1 Å². The quantitative estimate of drug-likeness (QED) is 0.273. The third kappa shape index (κ3) is 6.55. The minimum atomic E-state index is -1.89. The fraction of sp³-hybridized carbons (Fsp3) is 0.222. The van der Waals surface area contributed by atoms with Crippen molar-refractivity contribution in [1.29, 1.82) is 0 Å². The molecule has 0 radical (unpaired) electrons. The van der Waals surface area contributed by atoms with Crippen molar-refractivity contribution in [3.05, 3.63) is 63.1 Å². The van der Waals surface area contributed by atoms with Crippen LogP contribution in [-0.2, 0) is 0 Å². The van der Waals surface area contributed by atoms with Gasteiger partial charge in [0, 0.05) is 10.7 Å². The first kappa shape index (κ1) is 23.3. The summed E-state index contributed by atoms with van der Waals surface area (Å²) in [5.41, 5.74) is 3.18. The van der Waals surface area contributed by atoms with E-state index in [2.05, 4.69) is 16.0 Å². The lowest BCUT2D eigenvalue weighted by Gasteiger charge is -2.28. The number of anilines is 1. The van der Waals surface area contributed by atoms with Crippen LogP contribution in [-0.4, -0.2) is 21.0 Å². The number of aryl methyl sites for hydroxylation is 2. The van der Waals surface area contributed by atoms with Crippen molar-refractivity contribution in [2.75, 3.05) is 5.32 Å². The Morgan fingerprint density at radius 3 is 2.25 bits per heavy atom. The standard InChI is InChI=1S/C18H16Cl5N3OS/c1-9-3-5-12(7-10(9)2)24-17(28)26-16(18(21,22)23)25-15(27)13-6-4-11(19)8-14(13)20/h3-8,16H,1-2H3,(H,25,27)(H2,24,26,28). The summed E-state index contributed by atoms with van der Waals surface area (Å²) in [4.78, 5) is 12.5. The maximum atomic E-state index is 12.5. The molecule has 0 saturated heterocycles. The maximum absolute atomic E-state index is 12.5. The number of benzene rings is 2. The molecule has 0 aromatic heterocycles. The second-order valence-electron chi connectivity index (χ2n) is 5.97. The molecule has 2 aromatic rings. The number of amides is 1. The summed E-state index contributed by atoms with van der Waals surface area (Å²) in [6, 6.07) is 10.2. The predicted molar refractivity (Wildman–Crippen MR) is 123 cm³/mol. The Labute approximate surface area is 193 Å². The zero-order chi connectivity index (χ0) is 21.1. The van der Waals surface area contributed by atoms with E-state index in [0.717, 1.165) is 16.8 Å². The summed E-state index contributed by atoms with van der Waals surface area (Å²) >= 11 is 35.2. The first-order chi connectivity index (χ1) is 13.0. The van der Waals surface area contributed by atoms with Crippen molar-refractivity contribution in [2.24, 2.45) is 0 Å².